The van der Waals surface area contributed by atoms with Crippen LogP contribution in [-0.4, -0.2) is 46.5 Å². The number of carbonyl (C=O) groups is 1. The van der Waals surface area contributed by atoms with Gasteiger partial charge in [0.25, 0.3) is 0 Å². The average molecular weight is 390 g/mol. The first-order valence-electron chi connectivity index (χ1n) is 9.86. The summed E-state index contributed by atoms with van der Waals surface area (Å²) in [6.07, 6.45) is 0. The van der Waals surface area contributed by atoms with E-state index in [4.69, 9.17) is 5.26 Å². The van der Waals surface area contributed by atoms with Crippen molar-refractivity contribution in [2.24, 2.45) is 0 Å². The summed E-state index contributed by atoms with van der Waals surface area (Å²) in [6.45, 7) is 8.02. The maximum absolute atomic E-state index is 12.5. The minimum Gasteiger partial charge on any atom is -0.376 e. The molecule has 0 unspecified atom stereocenters. The highest BCUT2D eigenvalue weighted by atomic mass is 16.2. The van der Waals surface area contributed by atoms with Crippen LogP contribution in [0.3, 0.4) is 0 Å². The number of benzene rings is 2. The van der Waals surface area contributed by atoms with Crippen LogP contribution in [0.2, 0.25) is 0 Å². The summed E-state index contributed by atoms with van der Waals surface area (Å²) in [7, 11) is 0. The molecule has 0 radical (unpaired) electrons. The number of hydrogen-bond acceptors (Lipinski definition) is 5. The highest BCUT2D eigenvalue weighted by Crippen LogP contribution is 2.19. The molecule has 1 heterocycles. The molecule has 0 bridgehead atoms. The Morgan fingerprint density at radius 3 is 2.55 bits per heavy atom. The standard InChI is InChI=1S/C22H26N6O/c1-3-27(4-2)13-14-28-20-8-6-5-7-19(20)25-22(28)26-21(29)16-24-18-11-9-17(15-23)10-12-18/h5-12,24H,3-4,13-14,16H2,1-2H3,(H,25,26,29). The predicted molar refractivity (Wildman–Crippen MR) is 116 cm³/mol. The Balaban J connectivity index is 1.70. The molecule has 1 amide bonds. The third kappa shape index (κ3) is 5.12. The van der Waals surface area contributed by atoms with Crippen molar-refractivity contribution in [2.75, 3.05) is 36.8 Å². The lowest BCUT2D eigenvalue weighted by Gasteiger charge is -2.19. The van der Waals surface area contributed by atoms with Crippen molar-refractivity contribution in [2.45, 2.75) is 20.4 Å². The molecule has 7 heteroatoms. The zero-order chi connectivity index (χ0) is 20.6. The number of para-hydroxylation sites is 2. The molecule has 0 spiro atoms. The summed E-state index contributed by atoms with van der Waals surface area (Å²) in [6, 6.07) is 17.0. The Morgan fingerprint density at radius 1 is 1.14 bits per heavy atom. The second kappa shape index (κ2) is 9.71. The SMILES string of the molecule is CCN(CC)CCn1c(NC(=O)CNc2ccc(C#N)cc2)nc2ccccc21. The van der Waals surface area contributed by atoms with Crippen LogP contribution in [0.4, 0.5) is 11.6 Å². The lowest BCUT2D eigenvalue weighted by Crippen LogP contribution is -2.28. The number of carbonyl (C=O) groups excluding carboxylic acids is 1. The molecule has 0 atom stereocenters. The molecule has 3 rings (SSSR count). The van der Waals surface area contributed by atoms with Crippen LogP contribution >= 0.6 is 0 Å². The molecule has 0 aliphatic carbocycles. The predicted octanol–water partition coefficient (Wildman–Crippen LogP) is 3.30. The van der Waals surface area contributed by atoms with Crippen LogP contribution in [0.25, 0.3) is 11.0 Å². The Kier molecular flexibility index (Phi) is 6.82. The van der Waals surface area contributed by atoms with E-state index in [2.05, 4.69) is 45.0 Å². The van der Waals surface area contributed by atoms with Crippen LogP contribution in [-0.2, 0) is 11.3 Å². The minimum atomic E-state index is -0.172. The van der Waals surface area contributed by atoms with Crippen molar-refractivity contribution >= 4 is 28.6 Å². The van der Waals surface area contributed by atoms with Gasteiger partial charge in [-0.15, -0.1) is 0 Å². The second-order valence-corrected chi connectivity index (χ2v) is 6.69. The highest BCUT2D eigenvalue weighted by Gasteiger charge is 2.14. The summed E-state index contributed by atoms with van der Waals surface area (Å²) < 4.78 is 2.06. The van der Waals surface area contributed by atoms with Gasteiger partial charge in [-0.05, 0) is 49.5 Å². The third-order valence-corrected chi connectivity index (χ3v) is 4.91. The fourth-order valence-corrected chi connectivity index (χ4v) is 3.19. The molecule has 150 valence electrons. The lowest BCUT2D eigenvalue weighted by atomic mass is 10.2. The minimum absolute atomic E-state index is 0.116. The monoisotopic (exact) mass is 390 g/mol. The van der Waals surface area contributed by atoms with Gasteiger partial charge in [0.2, 0.25) is 11.9 Å². The number of nitrogens with one attached hydrogen (secondary N) is 2. The number of rotatable bonds is 9. The number of nitriles is 1. The van der Waals surface area contributed by atoms with Gasteiger partial charge in [0, 0.05) is 18.8 Å². The topological polar surface area (TPSA) is 86.0 Å². The van der Waals surface area contributed by atoms with Crippen molar-refractivity contribution < 1.29 is 4.79 Å². The van der Waals surface area contributed by atoms with Gasteiger partial charge in [0.1, 0.15) is 0 Å². The van der Waals surface area contributed by atoms with E-state index in [-0.39, 0.29) is 12.5 Å². The average Bonchev–Trinajstić information content (AvgIpc) is 3.10. The molecular weight excluding hydrogens is 364 g/mol. The number of anilines is 2. The van der Waals surface area contributed by atoms with Gasteiger partial charge >= 0.3 is 0 Å². The van der Waals surface area contributed by atoms with Gasteiger partial charge in [-0.2, -0.15) is 5.26 Å². The van der Waals surface area contributed by atoms with Crippen LogP contribution < -0.4 is 10.6 Å². The van der Waals surface area contributed by atoms with Crippen molar-refractivity contribution in [1.82, 2.24) is 14.5 Å². The van der Waals surface area contributed by atoms with Gasteiger partial charge < -0.3 is 14.8 Å². The molecule has 1 aromatic heterocycles. The summed E-state index contributed by atoms with van der Waals surface area (Å²) in [5, 5.41) is 14.9. The highest BCUT2D eigenvalue weighted by molar-refractivity contribution is 5.94. The second-order valence-electron chi connectivity index (χ2n) is 6.69. The number of hydrogen-bond donors (Lipinski definition) is 2. The smallest absolute Gasteiger partial charge is 0.245 e. The number of aromatic nitrogens is 2. The first kappa shape index (κ1) is 20.4. The zero-order valence-electron chi connectivity index (χ0n) is 16.9. The fraction of sp³-hybridized carbons (Fsp3) is 0.318. The number of imidazole rings is 1. The molecule has 0 aliphatic heterocycles. The van der Waals surface area contributed by atoms with Crippen LogP contribution in [0.1, 0.15) is 19.4 Å². The first-order chi connectivity index (χ1) is 14.1. The number of nitrogens with zero attached hydrogens (tertiary/aromatic N) is 4. The van der Waals surface area contributed by atoms with Gasteiger partial charge in [-0.25, -0.2) is 4.98 Å². The van der Waals surface area contributed by atoms with Crippen molar-refractivity contribution in [3.05, 3.63) is 54.1 Å². The molecule has 0 fully saturated rings. The summed E-state index contributed by atoms with van der Waals surface area (Å²) in [5.74, 6) is 0.388. The molecule has 0 saturated carbocycles. The van der Waals surface area contributed by atoms with Crippen molar-refractivity contribution in [3.8, 4) is 6.07 Å². The molecule has 0 aliphatic rings. The molecule has 2 aromatic carbocycles. The van der Waals surface area contributed by atoms with E-state index in [0.717, 1.165) is 42.9 Å². The Bertz CT molecular complexity index is 998. The van der Waals surface area contributed by atoms with E-state index in [1.165, 1.54) is 0 Å². The quantitative estimate of drug-likeness (QED) is 0.585. The summed E-state index contributed by atoms with van der Waals surface area (Å²) in [5.41, 5.74) is 3.24. The lowest BCUT2D eigenvalue weighted by molar-refractivity contribution is -0.114. The number of amides is 1. The third-order valence-electron chi connectivity index (χ3n) is 4.91. The van der Waals surface area contributed by atoms with E-state index in [1.54, 1.807) is 24.3 Å². The number of fused-ring (bicyclic) bond motifs is 1. The van der Waals surface area contributed by atoms with E-state index in [1.807, 2.05) is 24.3 Å². The Morgan fingerprint density at radius 2 is 1.86 bits per heavy atom. The maximum atomic E-state index is 12.5. The van der Waals surface area contributed by atoms with E-state index in [0.29, 0.717) is 11.5 Å². The number of likely N-dealkylation sites (N-methyl/N-ethyl adjacent to an activating group) is 1. The molecule has 29 heavy (non-hydrogen) atoms. The summed E-state index contributed by atoms with van der Waals surface area (Å²) in [4.78, 5) is 19.4. The van der Waals surface area contributed by atoms with Gasteiger partial charge in [0.05, 0.1) is 29.2 Å². The normalized spacial score (nSPS) is 10.8. The van der Waals surface area contributed by atoms with Crippen molar-refractivity contribution in [1.29, 1.82) is 5.26 Å². The largest absolute Gasteiger partial charge is 0.376 e. The summed E-state index contributed by atoms with van der Waals surface area (Å²) >= 11 is 0. The van der Waals surface area contributed by atoms with Gasteiger partial charge in [-0.3, -0.25) is 10.1 Å². The van der Waals surface area contributed by atoms with Gasteiger partial charge in [-0.1, -0.05) is 26.0 Å². The first-order valence-corrected chi connectivity index (χ1v) is 9.86. The van der Waals surface area contributed by atoms with E-state index >= 15 is 0 Å². The molecule has 3 aromatic rings. The van der Waals surface area contributed by atoms with Crippen molar-refractivity contribution in [3.63, 3.8) is 0 Å². The van der Waals surface area contributed by atoms with Crippen LogP contribution in [0.15, 0.2) is 48.5 Å². The van der Waals surface area contributed by atoms with Crippen LogP contribution in [0, 0.1) is 11.3 Å². The van der Waals surface area contributed by atoms with Crippen LogP contribution in [0.5, 0.6) is 0 Å². The molecular formula is C22H26N6O. The molecule has 2 N–H and O–H groups in total. The maximum Gasteiger partial charge on any atom is 0.245 e. The van der Waals surface area contributed by atoms with E-state index in [9.17, 15) is 4.79 Å². The molecule has 7 nitrogen and oxygen atoms in total. The molecule has 0 saturated heterocycles. The Labute approximate surface area is 171 Å². The Hall–Kier alpha value is -3.37. The van der Waals surface area contributed by atoms with E-state index < -0.39 is 0 Å². The van der Waals surface area contributed by atoms with Gasteiger partial charge in [0.15, 0.2) is 0 Å². The fourth-order valence-electron chi connectivity index (χ4n) is 3.19. The zero-order valence-corrected chi connectivity index (χ0v) is 16.9.